The van der Waals surface area contributed by atoms with E-state index in [1.165, 1.54) is 0 Å². The Bertz CT molecular complexity index is 1000. The van der Waals surface area contributed by atoms with E-state index in [4.69, 9.17) is 4.74 Å². The van der Waals surface area contributed by atoms with Gasteiger partial charge in [-0.1, -0.05) is 68.4 Å². The zero-order chi connectivity index (χ0) is 22.9. The van der Waals surface area contributed by atoms with E-state index in [1.807, 2.05) is 66.7 Å². The highest BCUT2D eigenvalue weighted by Gasteiger charge is 2.13. The van der Waals surface area contributed by atoms with Crippen molar-refractivity contribution < 1.29 is 19.7 Å². The molecule has 0 aliphatic heterocycles. The molecule has 0 saturated carbocycles. The molecule has 0 bridgehead atoms. The molecule has 0 saturated heterocycles. The predicted octanol–water partition coefficient (Wildman–Crippen LogP) is 4.95. The minimum Gasteiger partial charge on any atom is -0.492 e. The van der Waals surface area contributed by atoms with E-state index < -0.39 is 12.1 Å². The maximum Gasteiger partial charge on any atom is 0.335 e. The van der Waals surface area contributed by atoms with Crippen LogP contribution in [-0.4, -0.2) is 35.9 Å². The zero-order valence-corrected chi connectivity index (χ0v) is 18.6. The molecule has 0 unspecified atom stereocenters. The van der Waals surface area contributed by atoms with Crippen LogP contribution in [0.4, 0.5) is 0 Å². The monoisotopic (exact) mass is 433 g/mol. The third-order valence-electron chi connectivity index (χ3n) is 5.22. The second-order valence-electron chi connectivity index (χ2n) is 8.28. The molecule has 0 amide bonds. The molecule has 168 valence electrons. The predicted molar refractivity (Wildman–Crippen MR) is 127 cm³/mol. The van der Waals surface area contributed by atoms with Gasteiger partial charge in [-0.05, 0) is 52.8 Å². The first-order valence-corrected chi connectivity index (χ1v) is 11.0. The normalized spacial score (nSPS) is 12.0. The Morgan fingerprint density at radius 1 is 0.969 bits per heavy atom. The van der Waals surface area contributed by atoms with E-state index in [-0.39, 0.29) is 0 Å². The molecule has 3 aromatic rings. The van der Waals surface area contributed by atoms with Gasteiger partial charge in [-0.15, -0.1) is 0 Å². The Morgan fingerprint density at radius 3 is 2.31 bits per heavy atom. The molecule has 3 rings (SSSR count). The van der Waals surface area contributed by atoms with Crippen molar-refractivity contribution in [1.29, 1.82) is 0 Å². The number of benzene rings is 3. The van der Waals surface area contributed by atoms with Gasteiger partial charge in [-0.2, -0.15) is 0 Å². The topological polar surface area (TPSA) is 78.8 Å². The van der Waals surface area contributed by atoms with Crippen molar-refractivity contribution in [3.05, 3.63) is 89.5 Å². The van der Waals surface area contributed by atoms with Crippen LogP contribution in [-0.2, 0) is 6.42 Å². The standard InChI is InChI=1S/C27H31NO4/c1-19(2)16-23-17-22(10-13-25(23)27(30)31)20-8-11-24(12-9-20)32-15-14-28-18-26(29)21-6-4-3-5-7-21/h3-13,17,19,26,28-29H,14-16,18H2,1-2H3,(H,30,31)/t26-/m1/s1. The number of rotatable bonds is 11. The molecule has 3 N–H and O–H groups in total. The summed E-state index contributed by atoms with van der Waals surface area (Å²) in [5.74, 6) is 0.256. The average molecular weight is 434 g/mol. The number of hydrogen-bond donors (Lipinski definition) is 3. The van der Waals surface area contributed by atoms with Crippen LogP contribution in [0.25, 0.3) is 11.1 Å². The second kappa shape index (κ2) is 11.5. The number of aliphatic hydroxyl groups is 1. The summed E-state index contributed by atoms with van der Waals surface area (Å²) in [7, 11) is 0. The third kappa shape index (κ3) is 6.67. The van der Waals surface area contributed by atoms with Crippen molar-refractivity contribution in [2.75, 3.05) is 19.7 Å². The summed E-state index contributed by atoms with van der Waals surface area (Å²) in [5.41, 5.74) is 4.13. The molecular formula is C27H31NO4. The SMILES string of the molecule is CC(C)Cc1cc(-c2ccc(OCCNC[C@@H](O)c3ccccc3)cc2)ccc1C(=O)O. The molecule has 1 atom stereocenters. The van der Waals surface area contributed by atoms with Crippen LogP contribution in [0.2, 0.25) is 0 Å². The van der Waals surface area contributed by atoms with Gasteiger partial charge in [0.1, 0.15) is 12.4 Å². The van der Waals surface area contributed by atoms with Gasteiger partial charge in [0, 0.05) is 13.1 Å². The van der Waals surface area contributed by atoms with Gasteiger partial charge in [0.05, 0.1) is 11.7 Å². The fourth-order valence-electron chi connectivity index (χ4n) is 3.61. The van der Waals surface area contributed by atoms with E-state index in [1.54, 1.807) is 6.07 Å². The zero-order valence-electron chi connectivity index (χ0n) is 18.6. The Labute approximate surface area is 189 Å². The first-order chi connectivity index (χ1) is 15.4. The summed E-state index contributed by atoms with van der Waals surface area (Å²) in [6.45, 7) is 5.76. The molecule has 0 aliphatic carbocycles. The van der Waals surface area contributed by atoms with Gasteiger partial charge < -0.3 is 20.3 Å². The van der Waals surface area contributed by atoms with Crippen molar-refractivity contribution >= 4 is 5.97 Å². The molecule has 0 radical (unpaired) electrons. The van der Waals surface area contributed by atoms with Crippen molar-refractivity contribution in [3.63, 3.8) is 0 Å². The summed E-state index contributed by atoms with van der Waals surface area (Å²) in [5, 5.41) is 22.8. The fourth-order valence-corrected chi connectivity index (χ4v) is 3.61. The molecule has 0 aromatic heterocycles. The number of carboxylic acids is 1. The number of nitrogens with one attached hydrogen (secondary N) is 1. The highest BCUT2D eigenvalue weighted by atomic mass is 16.5. The molecule has 0 spiro atoms. The van der Waals surface area contributed by atoms with Crippen LogP contribution in [0, 0.1) is 5.92 Å². The summed E-state index contributed by atoms with van der Waals surface area (Å²) < 4.78 is 5.79. The Morgan fingerprint density at radius 2 is 1.66 bits per heavy atom. The molecule has 5 heteroatoms. The van der Waals surface area contributed by atoms with Gasteiger partial charge in [0.2, 0.25) is 0 Å². The molecule has 0 heterocycles. The Hall–Kier alpha value is -3.15. The van der Waals surface area contributed by atoms with Crippen LogP contribution >= 0.6 is 0 Å². The number of carboxylic acid groups (broad SMARTS) is 1. The van der Waals surface area contributed by atoms with Crippen LogP contribution in [0.15, 0.2) is 72.8 Å². The first kappa shape index (κ1) is 23.5. The van der Waals surface area contributed by atoms with E-state index in [9.17, 15) is 15.0 Å². The number of aliphatic hydroxyl groups excluding tert-OH is 1. The summed E-state index contributed by atoms with van der Waals surface area (Å²) >= 11 is 0. The van der Waals surface area contributed by atoms with Crippen molar-refractivity contribution in [3.8, 4) is 16.9 Å². The lowest BCUT2D eigenvalue weighted by molar-refractivity contribution is 0.0695. The highest BCUT2D eigenvalue weighted by molar-refractivity contribution is 5.90. The lowest BCUT2D eigenvalue weighted by Gasteiger charge is -2.13. The minimum atomic E-state index is -0.888. The van der Waals surface area contributed by atoms with Crippen LogP contribution in [0.5, 0.6) is 5.75 Å². The Balaban J connectivity index is 1.52. The molecular weight excluding hydrogens is 402 g/mol. The van der Waals surface area contributed by atoms with Crippen LogP contribution in [0.1, 0.15) is 41.4 Å². The van der Waals surface area contributed by atoms with Gasteiger partial charge in [-0.3, -0.25) is 0 Å². The third-order valence-corrected chi connectivity index (χ3v) is 5.22. The number of carbonyl (C=O) groups is 1. The first-order valence-electron chi connectivity index (χ1n) is 11.0. The largest absolute Gasteiger partial charge is 0.492 e. The number of ether oxygens (including phenoxy) is 1. The lowest BCUT2D eigenvalue weighted by Crippen LogP contribution is -2.26. The molecule has 5 nitrogen and oxygen atoms in total. The molecule has 32 heavy (non-hydrogen) atoms. The lowest BCUT2D eigenvalue weighted by atomic mass is 9.93. The average Bonchev–Trinajstić information content (AvgIpc) is 2.79. The number of hydrogen-bond acceptors (Lipinski definition) is 4. The van der Waals surface area contributed by atoms with Crippen molar-refractivity contribution in [2.45, 2.75) is 26.4 Å². The second-order valence-corrected chi connectivity index (χ2v) is 8.28. The quantitative estimate of drug-likeness (QED) is 0.373. The Kier molecular flexibility index (Phi) is 8.42. The van der Waals surface area contributed by atoms with E-state index in [2.05, 4.69) is 19.2 Å². The summed E-state index contributed by atoms with van der Waals surface area (Å²) in [4.78, 5) is 11.5. The summed E-state index contributed by atoms with van der Waals surface area (Å²) in [6, 6.07) is 22.9. The fraction of sp³-hybridized carbons (Fsp3) is 0.296. The molecule has 0 aliphatic rings. The van der Waals surface area contributed by atoms with Crippen molar-refractivity contribution in [1.82, 2.24) is 5.32 Å². The van der Waals surface area contributed by atoms with Crippen LogP contribution in [0.3, 0.4) is 0 Å². The number of aromatic carboxylic acids is 1. The minimum absolute atomic E-state index is 0.368. The van der Waals surface area contributed by atoms with Gasteiger partial charge >= 0.3 is 5.97 Å². The maximum atomic E-state index is 11.5. The van der Waals surface area contributed by atoms with Gasteiger partial charge in [0.25, 0.3) is 0 Å². The summed E-state index contributed by atoms with van der Waals surface area (Å²) in [6.07, 6.45) is 0.186. The molecule has 0 fully saturated rings. The highest BCUT2D eigenvalue weighted by Crippen LogP contribution is 2.26. The maximum absolute atomic E-state index is 11.5. The van der Waals surface area contributed by atoms with E-state index in [0.29, 0.717) is 31.2 Å². The van der Waals surface area contributed by atoms with Gasteiger partial charge in [0.15, 0.2) is 0 Å². The van der Waals surface area contributed by atoms with Gasteiger partial charge in [-0.25, -0.2) is 4.79 Å². The van der Waals surface area contributed by atoms with E-state index >= 15 is 0 Å². The smallest absolute Gasteiger partial charge is 0.335 e. The van der Waals surface area contributed by atoms with E-state index in [0.717, 1.165) is 34.4 Å². The van der Waals surface area contributed by atoms with Crippen molar-refractivity contribution in [2.24, 2.45) is 5.92 Å². The molecule has 3 aromatic carbocycles. The van der Waals surface area contributed by atoms with Crippen LogP contribution < -0.4 is 10.1 Å².